The number of benzene rings is 1. The van der Waals surface area contributed by atoms with Gasteiger partial charge >= 0.3 is 0 Å². The first-order chi connectivity index (χ1) is 10.1. The lowest BCUT2D eigenvalue weighted by molar-refractivity contribution is -0.121. The van der Waals surface area contributed by atoms with Gasteiger partial charge in [0.2, 0.25) is 5.91 Å². The van der Waals surface area contributed by atoms with Crippen LogP contribution in [0.2, 0.25) is 0 Å². The minimum absolute atomic E-state index is 0.0137. The molecule has 1 saturated carbocycles. The highest BCUT2D eigenvalue weighted by atomic mass is 19.1. The largest absolute Gasteiger partial charge is 0.399 e. The molecule has 1 fully saturated rings. The third-order valence-electron chi connectivity index (χ3n) is 4.43. The van der Waals surface area contributed by atoms with Gasteiger partial charge in [0.05, 0.1) is 5.69 Å². The van der Waals surface area contributed by atoms with Crippen LogP contribution in [0.1, 0.15) is 51.9 Å². The summed E-state index contributed by atoms with van der Waals surface area (Å²) in [6, 6.07) is 4.35. The molecule has 116 valence electrons. The Hall–Kier alpha value is -1.58. The Morgan fingerprint density at radius 2 is 2.05 bits per heavy atom. The number of amides is 1. The Kier molecular flexibility index (Phi) is 5.59. The molecule has 2 rings (SSSR count). The summed E-state index contributed by atoms with van der Waals surface area (Å²) >= 11 is 0. The lowest BCUT2D eigenvalue weighted by Crippen LogP contribution is -2.27. The molecule has 0 radical (unpaired) electrons. The molecule has 0 aromatic heterocycles. The third kappa shape index (κ3) is 4.45. The van der Waals surface area contributed by atoms with Crippen molar-refractivity contribution in [2.75, 3.05) is 11.1 Å². The van der Waals surface area contributed by atoms with Crippen LogP contribution in [0.4, 0.5) is 15.8 Å². The lowest BCUT2D eigenvalue weighted by atomic mass is 9.79. The maximum absolute atomic E-state index is 13.7. The molecule has 3 N–H and O–H groups in total. The van der Waals surface area contributed by atoms with E-state index in [1.165, 1.54) is 31.4 Å². The molecule has 1 aliphatic rings. The summed E-state index contributed by atoms with van der Waals surface area (Å²) in [5.74, 6) is 0.245. The van der Waals surface area contributed by atoms with Crippen LogP contribution in [0.15, 0.2) is 18.2 Å². The topological polar surface area (TPSA) is 55.1 Å². The zero-order valence-electron chi connectivity index (χ0n) is 12.7. The van der Waals surface area contributed by atoms with Crippen molar-refractivity contribution >= 4 is 17.3 Å². The van der Waals surface area contributed by atoms with E-state index < -0.39 is 5.82 Å². The molecule has 0 bridgehead atoms. The van der Waals surface area contributed by atoms with Gasteiger partial charge in [0.1, 0.15) is 5.82 Å². The van der Waals surface area contributed by atoms with E-state index in [0.29, 0.717) is 5.69 Å². The lowest BCUT2D eigenvalue weighted by Gasteiger charge is -2.27. The molecule has 0 atom stereocenters. The quantitative estimate of drug-likeness (QED) is 0.793. The highest BCUT2D eigenvalue weighted by Gasteiger charge is 2.26. The van der Waals surface area contributed by atoms with Crippen LogP contribution in [0.3, 0.4) is 0 Å². The monoisotopic (exact) mass is 292 g/mol. The van der Waals surface area contributed by atoms with Gasteiger partial charge in [-0.15, -0.1) is 0 Å². The summed E-state index contributed by atoms with van der Waals surface area (Å²) < 4.78 is 13.7. The molecule has 0 unspecified atom stereocenters. The molecular weight excluding hydrogens is 267 g/mol. The molecule has 1 aromatic carbocycles. The number of carbonyl (C=O) groups is 1. The fraction of sp³-hybridized carbons (Fsp3) is 0.588. The first-order valence-corrected chi connectivity index (χ1v) is 7.96. The van der Waals surface area contributed by atoms with Gasteiger partial charge in [0, 0.05) is 11.6 Å². The standard InChI is InChI=1S/C17H25FN2O/c1-2-3-4-12-5-7-13(8-6-12)17(21)20-16-10-9-14(19)11-15(16)18/h9-13H,2-8,19H2,1H3,(H,20,21). The van der Waals surface area contributed by atoms with Crippen LogP contribution < -0.4 is 11.1 Å². The molecular formula is C17H25FN2O. The minimum Gasteiger partial charge on any atom is -0.399 e. The van der Waals surface area contributed by atoms with Crippen molar-refractivity contribution in [2.24, 2.45) is 11.8 Å². The smallest absolute Gasteiger partial charge is 0.227 e. The van der Waals surface area contributed by atoms with Crippen molar-refractivity contribution in [2.45, 2.75) is 51.9 Å². The number of nitrogens with two attached hydrogens (primary N) is 1. The van der Waals surface area contributed by atoms with Gasteiger partial charge in [-0.1, -0.05) is 26.2 Å². The fourth-order valence-electron chi connectivity index (χ4n) is 3.07. The van der Waals surface area contributed by atoms with E-state index in [1.54, 1.807) is 6.07 Å². The van der Waals surface area contributed by atoms with Crippen LogP contribution in [-0.2, 0) is 4.79 Å². The molecule has 3 nitrogen and oxygen atoms in total. The summed E-state index contributed by atoms with van der Waals surface area (Å²) in [5.41, 5.74) is 6.09. The first-order valence-electron chi connectivity index (χ1n) is 7.96. The van der Waals surface area contributed by atoms with E-state index in [-0.39, 0.29) is 17.5 Å². The molecule has 1 aliphatic carbocycles. The van der Waals surface area contributed by atoms with Crippen molar-refractivity contribution in [3.05, 3.63) is 24.0 Å². The molecule has 0 heterocycles. The van der Waals surface area contributed by atoms with Crippen LogP contribution in [-0.4, -0.2) is 5.91 Å². The van der Waals surface area contributed by atoms with E-state index in [2.05, 4.69) is 12.2 Å². The first kappa shape index (κ1) is 15.8. The Bertz CT molecular complexity index is 482. The maximum atomic E-state index is 13.7. The normalized spacial score (nSPS) is 22.0. The van der Waals surface area contributed by atoms with Gasteiger partial charge in [0.15, 0.2) is 0 Å². The second-order valence-corrected chi connectivity index (χ2v) is 6.09. The molecule has 0 spiro atoms. The van der Waals surface area contributed by atoms with Crippen molar-refractivity contribution < 1.29 is 9.18 Å². The summed E-state index contributed by atoms with van der Waals surface area (Å²) in [7, 11) is 0. The Balaban J connectivity index is 1.84. The van der Waals surface area contributed by atoms with Crippen LogP contribution in [0.25, 0.3) is 0 Å². The van der Waals surface area contributed by atoms with E-state index in [1.807, 2.05) is 0 Å². The number of halogens is 1. The highest BCUT2D eigenvalue weighted by Crippen LogP contribution is 2.32. The fourth-order valence-corrected chi connectivity index (χ4v) is 3.07. The van der Waals surface area contributed by atoms with Gasteiger partial charge in [0.25, 0.3) is 0 Å². The van der Waals surface area contributed by atoms with E-state index in [0.717, 1.165) is 31.6 Å². The number of hydrogen-bond donors (Lipinski definition) is 2. The zero-order valence-corrected chi connectivity index (χ0v) is 12.7. The summed E-state index contributed by atoms with van der Waals surface area (Å²) in [6.07, 6.45) is 7.84. The number of unbranched alkanes of at least 4 members (excludes halogenated alkanes) is 1. The minimum atomic E-state index is -0.472. The number of hydrogen-bond acceptors (Lipinski definition) is 2. The number of nitrogen functional groups attached to an aromatic ring is 1. The van der Waals surface area contributed by atoms with E-state index in [9.17, 15) is 9.18 Å². The molecule has 0 aliphatic heterocycles. The molecule has 4 heteroatoms. The second kappa shape index (κ2) is 7.43. The van der Waals surface area contributed by atoms with E-state index >= 15 is 0 Å². The molecule has 1 aromatic rings. The van der Waals surface area contributed by atoms with Crippen molar-refractivity contribution in [3.8, 4) is 0 Å². The summed E-state index contributed by atoms with van der Waals surface area (Å²) in [4.78, 5) is 12.2. The average molecular weight is 292 g/mol. The van der Waals surface area contributed by atoms with Crippen molar-refractivity contribution in [3.63, 3.8) is 0 Å². The van der Waals surface area contributed by atoms with Crippen LogP contribution in [0, 0.1) is 17.7 Å². The van der Waals surface area contributed by atoms with Gasteiger partial charge in [-0.3, -0.25) is 4.79 Å². The van der Waals surface area contributed by atoms with Crippen LogP contribution in [0.5, 0.6) is 0 Å². The number of nitrogens with one attached hydrogen (secondary N) is 1. The molecule has 0 saturated heterocycles. The van der Waals surface area contributed by atoms with Gasteiger partial charge in [-0.25, -0.2) is 4.39 Å². The highest BCUT2D eigenvalue weighted by molar-refractivity contribution is 5.92. The number of carbonyl (C=O) groups excluding carboxylic acids is 1. The van der Waals surface area contributed by atoms with Crippen LogP contribution >= 0.6 is 0 Å². The predicted molar refractivity (Wildman–Crippen MR) is 84.4 cm³/mol. The van der Waals surface area contributed by atoms with Gasteiger partial charge < -0.3 is 11.1 Å². The Morgan fingerprint density at radius 1 is 1.33 bits per heavy atom. The summed E-state index contributed by atoms with van der Waals surface area (Å²) in [6.45, 7) is 2.21. The van der Waals surface area contributed by atoms with Gasteiger partial charge in [-0.05, 0) is 49.8 Å². The maximum Gasteiger partial charge on any atom is 0.227 e. The van der Waals surface area contributed by atoms with Crippen molar-refractivity contribution in [1.82, 2.24) is 0 Å². The summed E-state index contributed by atoms with van der Waals surface area (Å²) in [5, 5.41) is 2.70. The predicted octanol–water partition coefficient (Wildman–Crippen LogP) is 4.34. The Morgan fingerprint density at radius 3 is 2.67 bits per heavy atom. The van der Waals surface area contributed by atoms with E-state index in [4.69, 9.17) is 5.73 Å². The number of rotatable bonds is 5. The number of anilines is 2. The molecule has 1 amide bonds. The molecule has 21 heavy (non-hydrogen) atoms. The second-order valence-electron chi connectivity index (χ2n) is 6.09. The van der Waals surface area contributed by atoms with Crippen molar-refractivity contribution in [1.29, 1.82) is 0 Å². The van der Waals surface area contributed by atoms with Gasteiger partial charge in [-0.2, -0.15) is 0 Å². The zero-order chi connectivity index (χ0) is 15.2. The Labute approximate surface area is 126 Å². The average Bonchev–Trinajstić information content (AvgIpc) is 2.48. The SMILES string of the molecule is CCCCC1CCC(C(=O)Nc2ccc(N)cc2F)CC1. The third-order valence-corrected chi connectivity index (χ3v) is 4.43.